The van der Waals surface area contributed by atoms with Gasteiger partial charge in [0.1, 0.15) is 0 Å². The van der Waals surface area contributed by atoms with Gasteiger partial charge in [-0.3, -0.25) is 9.59 Å². The SMILES string of the molecule is CCCCc1cc2c3c(cccc3c1)C(=O)N(OSc1c(C(C)C)cc(C(C)C)cc1C(C)C)C2=O. The first-order valence-corrected chi connectivity index (χ1v) is 13.8. The summed E-state index contributed by atoms with van der Waals surface area (Å²) in [7, 11) is 0. The minimum atomic E-state index is -0.414. The van der Waals surface area contributed by atoms with E-state index in [1.807, 2.05) is 18.2 Å². The van der Waals surface area contributed by atoms with Crippen molar-refractivity contribution in [3.63, 3.8) is 0 Å². The fourth-order valence-corrected chi connectivity index (χ4v) is 5.87. The summed E-state index contributed by atoms with van der Waals surface area (Å²) in [5, 5.41) is 2.61. The van der Waals surface area contributed by atoms with Crippen LogP contribution in [0.15, 0.2) is 47.4 Å². The highest BCUT2D eigenvalue weighted by Crippen LogP contribution is 2.40. The van der Waals surface area contributed by atoms with Crippen LogP contribution in [-0.4, -0.2) is 16.9 Å². The van der Waals surface area contributed by atoms with Gasteiger partial charge in [-0.25, -0.2) is 0 Å². The average Bonchev–Trinajstić information content (AvgIpc) is 2.84. The number of rotatable bonds is 9. The van der Waals surface area contributed by atoms with E-state index in [2.05, 4.69) is 66.7 Å². The Morgan fingerprint density at radius 1 is 0.833 bits per heavy atom. The number of carbonyl (C=O) groups excluding carboxylic acids is 2. The molecule has 3 aromatic rings. The zero-order valence-corrected chi connectivity index (χ0v) is 23.3. The molecule has 0 saturated heterocycles. The van der Waals surface area contributed by atoms with Crippen molar-refractivity contribution in [2.45, 2.75) is 90.4 Å². The van der Waals surface area contributed by atoms with E-state index in [0.717, 1.165) is 57.6 Å². The van der Waals surface area contributed by atoms with E-state index in [9.17, 15) is 9.59 Å². The smallest absolute Gasteiger partial charge is 0.266 e. The van der Waals surface area contributed by atoms with Gasteiger partial charge in [-0.15, -0.1) is 5.06 Å². The first-order valence-electron chi connectivity index (χ1n) is 13.1. The van der Waals surface area contributed by atoms with Crippen molar-refractivity contribution < 1.29 is 13.9 Å². The van der Waals surface area contributed by atoms with Crippen LogP contribution in [0.25, 0.3) is 10.8 Å². The minimum Gasteiger partial charge on any atom is -0.266 e. The summed E-state index contributed by atoms with van der Waals surface area (Å²) < 4.78 is 6.04. The lowest BCUT2D eigenvalue weighted by atomic mass is 9.89. The number of hydrogen-bond donors (Lipinski definition) is 0. The molecular weight excluding hydrogens is 466 g/mol. The number of carbonyl (C=O) groups is 2. The quantitative estimate of drug-likeness (QED) is 0.216. The number of amides is 2. The molecule has 5 heteroatoms. The lowest BCUT2D eigenvalue weighted by Gasteiger charge is -2.27. The molecule has 0 aromatic heterocycles. The molecule has 0 bridgehead atoms. The van der Waals surface area contributed by atoms with E-state index in [0.29, 0.717) is 17.0 Å². The van der Waals surface area contributed by atoms with E-state index in [-0.39, 0.29) is 11.8 Å². The van der Waals surface area contributed by atoms with Gasteiger partial charge in [-0.1, -0.05) is 85.2 Å². The van der Waals surface area contributed by atoms with Crippen LogP contribution in [0.5, 0.6) is 0 Å². The molecule has 0 saturated carbocycles. The maximum absolute atomic E-state index is 13.6. The highest BCUT2D eigenvalue weighted by molar-refractivity contribution is 7.94. The Morgan fingerprint density at radius 3 is 2.06 bits per heavy atom. The lowest BCUT2D eigenvalue weighted by Crippen LogP contribution is -2.39. The molecule has 2 amide bonds. The van der Waals surface area contributed by atoms with E-state index < -0.39 is 11.8 Å². The highest BCUT2D eigenvalue weighted by Gasteiger charge is 2.35. The molecule has 190 valence electrons. The second kappa shape index (κ2) is 10.8. The molecule has 0 atom stereocenters. The fraction of sp³-hybridized carbons (Fsp3) is 0.419. The fourth-order valence-electron chi connectivity index (χ4n) is 4.80. The third-order valence-corrected chi connectivity index (χ3v) is 7.82. The van der Waals surface area contributed by atoms with Gasteiger partial charge in [0.05, 0.1) is 23.2 Å². The summed E-state index contributed by atoms with van der Waals surface area (Å²) in [6.07, 6.45) is 3.03. The Bertz CT molecular complexity index is 1280. The average molecular weight is 504 g/mol. The predicted octanol–water partition coefficient (Wildman–Crippen LogP) is 8.79. The summed E-state index contributed by atoms with van der Waals surface area (Å²) in [5.74, 6) is 0.142. The molecule has 4 nitrogen and oxygen atoms in total. The monoisotopic (exact) mass is 503 g/mol. The van der Waals surface area contributed by atoms with E-state index >= 15 is 0 Å². The lowest BCUT2D eigenvalue weighted by molar-refractivity contribution is -0.00758. The Balaban J connectivity index is 1.73. The molecule has 1 aliphatic rings. The zero-order valence-electron chi connectivity index (χ0n) is 22.5. The molecule has 36 heavy (non-hydrogen) atoms. The molecule has 1 aliphatic heterocycles. The Labute approximate surface area is 219 Å². The van der Waals surface area contributed by atoms with E-state index in [1.54, 1.807) is 6.07 Å². The standard InChI is InChI=1S/C31H37NO3S/c1-8-9-11-21-14-22-12-10-13-24-28(22)27(15-21)31(34)32(30(24)33)35-36-29-25(19(4)5)16-23(18(2)3)17-26(29)20(6)7/h10,12-20H,8-9,11H2,1-7H3. The van der Waals surface area contributed by atoms with Crippen molar-refractivity contribution in [2.24, 2.45) is 0 Å². The largest absolute Gasteiger partial charge is 0.286 e. The number of benzene rings is 3. The van der Waals surface area contributed by atoms with E-state index in [4.69, 9.17) is 4.28 Å². The third-order valence-electron chi connectivity index (χ3n) is 6.96. The van der Waals surface area contributed by atoms with Gasteiger partial charge in [0, 0.05) is 10.3 Å². The van der Waals surface area contributed by atoms with Gasteiger partial charge in [-0.05, 0) is 70.4 Å². The Morgan fingerprint density at radius 2 is 1.47 bits per heavy atom. The molecule has 4 rings (SSSR count). The minimum absolute atomic E-state index is 0.274. The van der Waals surface area contributed by atoms with Gasteiger partial charge in [0.25, 0.3) is 11.8 Å². The second-order valence-electron chi connectivity index (χ2n) is 10.7. The first-order chi connectivity index (χ1) is 17.1. The number of aryl methyl sites for hydroxylation is 1. The normalized spacial score (nSPS) is 13.7. The molecule has 0 radical (unpaired) electrons. The molecule has 0 fully saturated rings. The van der Waals surface area contributed by atoms with Crippen LogP contribution in [0.3, 0.4) is 0 Å². The molecule has 0 spiro atoms. The zero-order chi connectivity index (χ0) is 26.1. The van der Waals surface area contributed by atoms with Crippen LogP contribution in [-0.2, 0) is 10.7 Å². The third kappa shape index (κ3) is 4.96. The summed E-state index contributed by atoms with van der Waals surface area (Å²) in [4.78, 5) is 28.0. The van der Waals surface area contributed by atoms with Gasteiger partial charge in [-0.2, -0.15) is 4.28 Å². The predicted molar refractivity (Wildman–Crippen MR) is 149 cm³/mol. The molecule has 0 aliphatic carbocycles. The molecule has 0 N–H and O–H groups in total. The molecule has 3 aromatic carbocycles. The van der Waals surface area contributed by atoms with Crippen LogP contribution in [0.2, 0.25) is 0 Å². The Hall–Kier alpha value is -2.63. The summed E-state index contributed by atoms with van der Waals surface area (Å²) >= 11 is 1.13. The number of hydrogen-bond acceptors (Lipinski definition) is 4. The van der Waals surface area contributed by atoms with Gasteiger partial charge in [0.15, 0.2) is 0 Å². The maximum Gasteiger partial charge on any atom is 0.286 e. The van der Waals surface area contributed by atoms with Crippen molar-refractivity contribution in [2.75, 3.05) is 0 Å². The molecule has 1 heterocycles. The molecular formula is C31H37NO3S. The van der Waals surface area contributed by atoms with Crippen molar-refractivity contribution in [1.29, 1.82) is 0 Å². The van der Waals surface area contributed by atoms with Crippen LogP contribution in [0, 0.1) is 0 Å². The van der Waals surface area contributed by atoms with Gasteiger partial charge < -0.3 is 0 Å². The van der Waals surface area contributed by atoms with Crippen LogP contribution in [0.1, 0.15) is 122 Å². The maximum atomic E-state index is 13.6. The summed E-state index contributed by atoms with van der Waals surface area (Å²) in [6, 6.07) is 14.2. The van der Waals surface area contributed by atoms with Gasteiger partial charge >= 0.3 is 0 Å². The van der Waals surface area contributed by atoms with Crippen LogP contribution in [0.4, 0.5) is 0 Å². The van der Waals surface area contributed by atoms with Crippen molar-refractivity contribution in [3.8, 4) is 0 Å². The first kappa shape index (κ1) is 26.4. The Kier molecular flexibility index (Phi) is 7.91. The van der Waals surface area contributed by atoms with Crippen molar-refractivity contribution in [1.82, 2.24) is 5.06 Å². The second-order valence-corrected chi connectivity index (χ2v) is 11.4. The van der Waals surface area contributed by atoms with Crippen LogP contribution < -0.4 is 0 Å². The molecule has 0 unspecified atom stereocenters. The number of unbranched alkanes of at least 4 members (excludes halogenated alkanes) is 1. The van der Waals surface area contributed by atoms with Crippen molar-refractivity contribution >= 4 is 34.6 Å². The van der Waals surface area contributed by atoms with Crippen molar-refractivity contribution in [3.05, 3.63) is 75.8 Å². The topological polar surface area (TPSA) is 46.6 Å². The van der Waals surface area contributed by atoms with Gasteiger partial charge in [0.2, 0.25) is 0 Å². The highest BCUT2D eigenvalue weighted by atomic mass is 32.2. The van der Waals surface area contributed by atoms with Crippen LogP contribution >= 0.6 is 12.0 Å². The van der Waals surface area contributed by atoms with E-state index in [1.165, 1.54) is 16.7 Å². The summed E-state index contributed by atoms with van der Waals surface area (Å²) in [5.41, 5.74) is 5.80. The number of hydroxylamine groups is 2. The number of imide groups is 1. The summed E-state index contributed by atoms with van der Waals surface area (Å²) in [6.45, 7) is 15.2. The number of nitrogens with zero attached hydrogens (tertiary/aromatic N) is 1.